The van der Waals surface area contributed by atoms with Gasteiger partial charge in [0.15, 0.2) is 0 Å². The largest absolute Gasteiger partial charge is 0.380 e. The van der Waals surface area contributed by atoms with E-state index in [1.54, 1.807) is 18.2 Å². The first-order chi connectivity index (χ1) is 10.4. The molecule has 0 spiro atoms. The van der Waals surface area contributed by atoms with E-state index in [0.29, 0.717) is 18.3 Å². The van der Waals surface area contributed by atoms with E-state index in [4.69, 9.17) is 4.74 Å². The van der Waals surface area contributed by atoms with Gasteiger partial charge in [-0.15, -0.1) is 0 Å². The lowest BCUT2D eigenvalue weighted by Gasteiger charge is -2.25. The van der Waals surface area contributed by atoms with Gasteiger partial charge in [-0.25, -0.2) is 0 Å². The number of pyridine rings is 1. The number of carbonyl (C=O) groups is 1. The van der Waals surface area contributed by atoms with Crippen LogP contribution in [0.25, 0.3) is 0 Å². The van der Waals surface area contributed by atoms with Crippen LogP contribution in [0.2, 0.25) is 0 Å². The predicted molar refractivity (Wildman–Crippen MR) is 87.4 cm³/mol. The zero-order valence-electron chi connectivity index (χ0n) is 14.1. The highest BCUT2D eigenvalue weighted by atomic mass is 16.5. The summed E-state index contributed by atoms with van der Waals surface area (Å²) >= 11 is 0. The highest BCUT2D eigenvalue weighted by Crippen LogP contribution is 2.19. The molecule has 1 aliphatic rings. The third-order valence-corrected chi connectivity index (χ3v) is 4.29. The number of hydrogen-bond donors (Lipinski definition) is 0. The molecule has 2 rings (SSSR count). The summed E-state index contributed by atoms with van der Waals surface area (Å²) in [4.78, 5) is 22.7. The molecule has 0 saturated carbocycles. The second-order valence-corrected chi connectivity index (χ2v) is 6.17. The second kappa shape index (κ2) is 7.07. The fourth-order valence-electron chi connectivity index (χ4n) is 2.82. The van der Waals surface area contributed by atoms with Gasteiger partial charge in [-0.2, -0.15) is 0 Å². The molecule has 0 radical (unpaired) electrons. The Hall–Kier alpha value is -1.66. The van der Waals surface area contributed by atoms with E-state index in [1.165, 1.54) is 0 Å². The van der Waals surface area contributed by atoms with Crippen molar-refractivity contribution < 1.29 is 9.53 Å². The maximum Gasteiger partial charge on any atom is 0.272 e. The molecule has 0 bridgehead atoms. The SMILES string of the molecule is CO[C@H]1C[C@@H](CN(C)C(=O)c2cc(N(C)C)ccn2)N(C)C1. The van der Waals surface area contributed by atoms with Crippen LogP contribution in [0.5, 0.6) is 0 Å². The van der Waals surface area contributed by atoms with Gasteiger partial charge in [0.2, 0.25) is 0 Å². The number of carbonyl (C=O) groups excluding carboxylic acids is 1. The fourth-order valence-corrected chi connectivity index (χ4v) is 2.82. The Balaban J connectivity index is 2.02. The van der Waals surface area contributed by atoms with Gasteiger partial charge in [0.1, 0.15) is 5.69 Å². The van der Waals surface area contributed by atoms with Crippen LogP contribution in [-0.2, 0) is 4.74 Å². The van der Waals surface area contributed by atoms with Crippen molar-refractivity contribution in [3.63, 3.8) is 0 Å². The predicted octanol–water partition coefficient (Wildman–Crippen LogP) is 0.939. The molecule has 0 aliphatic carbocycles. The van der Waals surface area contributed by atoms with E-state index in [-0.39, 0.29) is 12.0 Å². The van der Waals surface area contributed by atoms with E-state index in [9.17, 15) is 4.79 Å². The molecule has 0 N–H and O–H groups in total. The summed E-state index contributed by atoms with van der Waals surface area (Å²) in [5.41, 5.74) is 1.46. The van der Waals surface area contributed by atoms with E-state index >= 15 is 0 Å². The molecule has 2 heterocycles. The summed E-state index contributed by atoms with van der Waals surface area (Å²) in [6.45, 7) is 1.60. The summed E-state index contributed by atoms with van der Waals surface area (Å²) in [7, 11) is 9.55. The van der Waals surface area contributed by atoms with E-state index < -0.39 is 0 Å². The van der Waals surface area contributed by atoms with Gasteiger partial charge in [-0.05, 0) is 25.6 Å². The number of methoxy groups -OCH3 is 1. The highest BCUT2D eigenvalue weighted by Gasteiger charge is 2.31. The second-order valence-electron chi connectivity index (χ2n) is 6.17. The molecular weight excluding hydrogens is 280 g/mol. The Kier molecular flexibility index (Phi) is 5.37. The number of likely N-dealkylation sites (tertiary alicyclic amines) is 1. The van der Waals surface area contributed by atoms with Crippen LogP contribution < -0.4 is 4.90 Å². The fraction of sp³-hybridized carbons (Fsp3) is 0.625. The Bertz CT molecular complexity index is 521. The smallest absolute Gasteiger partial charge is 0.272 e. The number of hydrogen-bond acceptors (Lipinski definition) is 5. The molecule has 22 heavy (non-hydrogen) atoms. The average molecular weight is 306 g/mol. The van der Waals surface area contributed by atoms with Crippen LogP contribution in [0.4, 0.5) is 5.69 Å². The summed E-state index contributed by atoms with van der Waals surface area (Å²) in [5, 5.41) is 0. The molecule has 1 amide bonds. The van der Waals surface area contributed by atoms with E-state index in [1.807, 2.05) is 38.2 Å². The van der Waals surface area contributed by atoms with E-state index in [0.717, 1.165) is 18.7 Å². The number of rotatable bonds is 5. The van der Waals surface area contributed by atoms with Crippen molar-refractivity contribution >= 4 is 11.6 Å². The van der Waals surface area contributed by atoms with Gasteiger partial charge in [-0.1, -0.05) is 0 Å². The van der Waals surface area contributed by atoms with Crippen molar-refractivity contribution in [2.24, 2.45) is 0 Å². The molecule has 6 heteroatoms. The van der Waals surface area contributed by atoms with Gasteiger partial charge < -0.3 is 14.5 Å². The summed E-state index contributed by atoms with van der Waals surface area (Å²) in [5.74, 6) is -0.0435. The van der Waals surface area contributed by atoms with Crippen molar-refractivity contribution in [1.82, 2.24) is 14.8 Å². The van der Waals surface area contributed by atoms with Gasteiger partial charge >= 0.3 is 0 Å². The van der Waals surface area contributed by atoms with Crippen molar-refractivity contribution in [3.8, 4) is 0 Å². The van der Waals surface area contributed by atoms with Crippen molar-refractivity contribution in [1.29, 1.82) is 0 Å². The molecule has 0 unspecified atom stereocenters. The molecule has 122 valence electrons. The minimum atomic E-state index is -0.0435. The Morgan fingerprint density at radius 1 is 1.45 bits per heavy atom. The normalized spacial score (nSPS) is 21.9. The number of nitrogens with zero attached hydrogens (tertiary/aromatic N) is 4. The molecular formula is C16H26N4O2. The minimum absolute atomic E-state index is 0.0435. The quantitative estimate of drug-likeness (QED) is 0.810. The zero-order chi connectivity index (χ0) is 16.3. The third kappa shape index (κ3) is 3.75. The zero-order valence-corrected chi connectivity index (χ0v) is 14.1. The minimum Gasteiger partial charge on any atom is -0.380 e. The van der Waals surface area contributed by atoms with Crippen LogP contribution in [0.1, 0.15) is 16.9 Å². The van der Waals surface area contributed by atoms with Crippen LogP contribution >= 0.6 is 0 Å². The lowest BCUT2D eigenvalue weighted by Crippen LogP contribution is -2.39. The Morgan fingerprint density at radius 2 is 2.18 bits per heavy atom. The number of aromatic nitrogens is 1. The van der Waals surface area contributed by atoms with Gasteiger partial charge in [0.05, 0.1) is 6.10 Å². The first-order valence-corrected chi connectivity index (χ1v) is 7.54. The summed E-state index contributed by atoms with van der Waals surface area (Å²) < 4.78 is 5.42. The van der Waals surface area contributed by atoms with Crippen molar-refractivity contribution in [2.75, 3.05) is 53.3 Å². The molecule has 0 aromatic carbocycles. The van der Waals surface area contributed by atoms with Crippen molar-refractivity contribution in [3.05, 3.63) is 24.0 Å². The lowest BCUT2D eigenvalue weighted by molar-refractivity contribution is 0.0754. The number of likely N-dealkylation sites (N-methyl/N-ethyl adjacent to an activating group) is 2. The molecule has 2 atom stereocenters. The van der Waals surface area contributed by atoms with Gasteiger partial charge in [0, 0.05) is 59.3 Å². The van der Waals surface area contributed by atoms with Crippen LogP contribution in [0.15, 0.2) is 18.3 Å². The number of amides is 1. The first-order valence-electron chi connectivity index (χ1n) is 7.54. The van der Waals surface area contributed by atoms with Gasteiger partial charge in [-0.3, -0.25) is 14.7 Å². The monoisotopic (exact) mass is 306 g/mol. The van der Waals surface area contributed by atoms with Gasteiger partial charge in [0.25, 0.3) is 5.91 Å². The maximum atomic E-state index is 12.6. The standard InChI is InChI=1S/C16H26N4O2/c1-18(2)12-6-7-17-15(9-12)16(21)20(4)10-13-8-14(22-5)11-19(13)3/h6-7,9,13-14H,8,10-11H2,1-5H3/t13-,14-/m0/s1. The Labute approximate surface area is 132 Å². The topological polar surface area (TPSA) is 48.9 Å². The first kappa shape index (κ1) is 16.7. The third-order valence-electron chi connectivity index (χ3n) is 4.29. The number of anilines is 1. The Morgan fingerprint density at radius 3 is 2.77 bits per heavy atom. The molecule has 1 aliphatic heterocycles. The average Bonchev–Trinajstić information content (AvgIpc) is 2.86. The molecule has 1 fully saturated rings. The lowest BCUT2D eigenvalue weighted by atomic mass is 10.2. The van der Waals surface area contributed by atoms with Crippen LogP contribution in [0, 0.1) is 0 Å². The van der Waals surface area contributed by atoms with E-state index in [2.05, 4.69) is 16.9 Å². The maximum absolute atomic E-state index is 12.6. The highest BCUT2D eigenvalue weighted by molar-refractivity contribution is 5.93. The molecule has 1 aromatic rings. The summed E-state index contributed by atoms with van der Waals surface area (Å²) in [6.07, 6.45) is 2.89. The van der Waals surface area contributed by atoms with Crippen LogP contribution in [0.3, 0.4) is 0 Å². The van der Waals surface area contributed by atoms with Crippen LogP contribution in [-0.4, -0.2) is 81.2 Å². The number of ether oxygens (including phenoxy) is 1. The van der Waals surface area contributed by atoms with Crippen molar-refractivity contribution in [2.45, 2.75) is 18.6 Å². The molecule has 1 aromatic heterocycles. The summed E-state index contributed by atoms with van der Waals surface area (Å²) in [6, 6.07) is 4.05. The molecule has 1 saturated heterocycles. The molecule has 6 nitrogen and oxygen atoms in total.